The van der Waals surface area contributed by atoms with Gasteiger partial charge in [0.25, 0.3) is 0 Å². The molecule has 0 aliphatic heterocycles. The lowest BCUT2D eigenvalue weighted by molar-refractivity contribution is -0.120. The number of carbonyl (C=O) groups excluding carboxylic acids is 1. The van der Waals surface area contributed by atoms with E-state index >= 15 is 0 Å². The first kappa shape index (κ1) is 14.5. The predicted molar refractivity (Wildman–Crippen MR) is 84.5 cm³/mol. The SMILES string of the molecule is O=C(Cc1cccs1)NCCc1nnc(-c2ccccc2)o1. The molecule has 0 saturated carbocycles. The minimum Gasteiger partial charge on any atom is -0.421 e. The maximum atomic E-state index is 11.8. The Morgan fingerprint density at radius 2 is 2.00 bits per heavy atom. The average Bonchev–Trinajstić information content (AvgIpc) is 3.20. The van der Waals surface area contributed by atoms with Crippen LogP contribution < -0.4 is 5.32 Å². The Labute approximate surface area is 132 Å². The first-order valence-corrected chi connectivity index (χ1v) is 7.86. The van der Waals surface area contributed by atoms with Crippen molar-refractivity contribution in [3.63, 3.8) is 0 Å². The maximum absolute atomic E-state index is 11.8. The second-order valence-corrected chi connectivity index (χ2v) is 5.76. The maximum Gasteiger partial charge on any atom is 0.247 e. The molecule has 3 rings (SSSR count). The second kappa shape index (κ2) is 7.00. The number of nitrogens with zero attached hydrogens (tertiary/aromatic N) is 2. The predicted octanol–water partition coefficient (Wildman–Crippen LogP) is 2.70. The molecule has 0 radical (unpaired) electrons. The van der Waals surface area contributed by atoms with Crippen LogP contribution in [0.1, 0.15) is 10.8 Å². The van der Waals surface area contributed by atoms with E-state index in [0.717, 1.165) is 10.4 Å². The molecule has 112 valence electrons. The van der Waals surface area contributed by atoms with Gasteiger partial charge in [0, 0.05) is 23.4 Å². The van der Waals surface area contributed by atoms with Crippen molar-refractivity contribution in [3.8, 4) is 11.5 Å². The largest absolute Gasteiger partial charge is 0.421 e. The van der Waals surface area contributed by atoms with Crippen LogP contribution in [0.15, 0.2) is 52.3 Å². The zero-order valence-electron chi connectivity index (χ0n) is 11.9. The summed E-state index contributed by atoms with van der Waals surface area (Å²) < 4.78 is 5.59. The molecule has 0 bridgehead atoms. The molecular formula is C16H15N3O2S. The first-order chi connectivity index (χ1) is 10.8. The number of rotatable bonds is 6. The summed E-state index contributed by atoms with van der Waals surface area (Å²) in [5.41, 5.74) is 0.892. The summed E-state index contributed by atoms with van der Waals surface area (Å²) >= 11 is 1.58. The van der Waals surface area contributed by atoms with Gasteiger partial charge in [0.15, 0.2) is 0 Å². The van der Waals surface area contributed by atoms with Crippen molar-refractivity contribution in [2.45, 2.75) is 12.8 Å². The Morgan fingerprint density at radius 3 is 2.77 bits per heavy atom. The number of hydrogen-bond donors (Lipinski definition) is 1. The van der Waals surface area contributed by atoms with Crippen LogP contribution in [-0.2, 0) is 17.6 Å². The third-order valence-corrected chi connectivity index (χ3v) is 3.94. The van der Waals surface area contributed by atoms with Gasteiger partial charge < -0.3 is 9.73 Å². The van der Waals surface area contributed by atoms with Gasteiger partial charge in [0.1, 0.15) is 0 Å². The van der Waals surface area contributed by atoms with Crippen LogP contribution in [0.5, 0.6) is 0 Å². The molecule has 5 nitrogen and oxygen atoms in total. The summed E-state index contributed by atoms with van der Waals surface area (Å²) in [7, 11) is 0. The van der Waals surface area contributed by atoms with Crippen LogP contribution in [-0.4, -0.2) is 22.6 Å². The quantitative estimate of drug-likeness (QED) is 0.760. The van der Waals surface area contributed by atoms with E-state index in [1.165, 1.54) is 0 Å². The minimum absolute atomic E-state index is 0.00486. The topological polar surface area (TPSA) is 68.0 Å². The highest BCUT2D eigenvalue weighted by Crippen LogP contribution is 2.16. The van der Waals surface area contributed by atoms with Gasteiger partial charge in [-0.25, -0.2) is 0 Å². The standard InChI is InChI=1S/C16H15N3O2S/c20-14(11-13-7-4-10-22-13)17-9-8-15-18-19-16(21-15)12-5-2-1-3-6-12/h1-7,10H,8-9,11H2,(H,17,20). The van der Waals surface area contributed by atoms with Gasteiger partial charge in [-0.1, -0.05) is 24.3 Å². The molecule has 6 heteroatoms. The highest BCUT2D eigenvalue weighted by atomic mass is 32.1. The lowest BCUT2D eigenvalue weighted by Crippen LogP contribution is -2.27. The summed E-state index contributed by atoms with van der Waals surface area (Å²) in [4.78, 5) is 12.8. The minimum atomic E-state index is 0.00486. The van der Waals surface area contributed by atoms with Crippen molar-refractivity contribution in [3.05, 3.63) is 58.6 Å². The van der Waals surface area contributed by atoms with Crippen LogP contribution in [0.2, 0.25) is 0 Å². The van der Waals surface area contributed by atoms with Crippen LogP contribution in [0.3, 0.4) is 0 Å². The molecule has 0 unspecified atom stereocenters. The molecule has 22 heavy (non-hydrogen) atoms. The molecule has 3 aromatic rings. The number of hydrogen-bond acceptors (Lipinski definition) is 5. The lowest BCUT2D eigenvalue weighted by atomic mass is 10.2. The Bertz CT molecular complexity index is 723. The molecule has 2 heterocycles. The fourth-order valence-corrected chi connectivity index (χ4v) is 2.70. The highest BCUT2D eigenvalue weighted by Gasteiger charge is 2.09. The van der Waals surface area contributed by atoms with Crippen molar-refractivity contribution in [1.29, 1.82) is 0 Å². The second-order valence-electron chi connectivity index (χ2n) is 4.72. The van der Waals surface area contributed by atoms with E-state index in [9.17, 15) is 4.79 Å². The van der Waals surface area contributed by atoms with Gasteiger partial charge in [0.2, 0.25) is 17.7 Å². The average molecular weight is 313 g/mol. The van der Waals surface area contributed by atoms with Crippen molar-refractivity contribution in [2.75, 3.05) is 6.54 Å². The van der Waals surface area contributed by atoms with Gasteiger partial charge in [0.05, 0.1) is 6.42 Å². The Hall–Kier alpha value is -2.47. The number of amides is 1. The number of thiophene rings is 1. The van der Waals surface area contributed by atoms with E-state index < -0.39 is 0 Å². The molecule has 0 spiro atoms. The van der Waals surface area contributed by atoms with Crippen LogP contribution in [0.25, 0.3) is 11.5 Å². The first-order valence-electron chi connectivity index (χ1n) is 6.98. The fourth-order valence-electron chi connectivity index (χ4n) is 1.99. The van der Waals surface area contributed by atoms with Gasteiger partial charge in [-0.15, -0.1) is 21.5 Å². The molecule has 0 saturated heterocycles. The van der Waals surface area contributed by atoms with E-state index in [4.69, 9.17) is 4.42 Å². The summed E-state index contributed by atoms with van der Waals surface area (Å²) in [6.07, 6.45) is 0.937. The zero-order chi connectivity index (χ0) is 15.2. The van der Waals surface area contributed by atoms with Gasteiger partial charge >= 0.3 is 0 Å². The van der Waals surface area contributed by atoms with Crippen molar-refractivity contribution in [1.82, 2.24) is 15.5 Å². The van der Waals surface area contributed by atoms with Crippen LogP contribution in [0, 0.1) is 0 Å². The van der Waals surface area contributed by atoms with E-state index in [2.05, 4.69) is 15.5 Å². The van der Waals surface area contributed by atoms with Crippen LogP contribution in [0.4, 0.5) is 0 Å². The molecular weight excluding hydrogens is 298 g/mol. The third kappa shape index (κ3) is 3.79. The van der Waals surface area contributed by atoms with Gasteiger partial charge in [-0.2, -0.15) is 0 Å². The monoisotopic (exact) mass is 313 g/mol. The summed E-state index contributed by atoms with van der Waals surface area (Å²) in [5, 5.41) is 12.8. The molecule has 0 aliphatic rings. The number of nitrogens with one attached hydrogen (secondary N) is 1. The molecule has 1 amide bonds. The zero-order valence-corrected chi connectivity index (χ0v) is 12.7. The summed E-state index contributed by atoms with van der Waals surface area (Å²) in [6.45, 7) is 0.487. The molecule has 2 aromatic heterocycles. The Balaban J connectivity index is 1.48. The Kier molecular flexibility index (Phi) is 4.60. The normalized spacial score (nSPS) is 10.5. The van der Waals surface area contributed by atoms with E-state index in [1.807, 2.05) is 47.8 Å². The van der Waals surface area contributed by atoms with Gasteiger partial charge in [-0.3, -0.25) is 4.79 Å². The van der Waals surface area contributed by atoms with Crippen molar-refractivity contribution in [2.24, 2.45) is 0 Å². The third-order valence-electron chi connectivity index (χ3n) is 3.06. The molecule has 1 N–H and O–H groups in total. The Morgan fingerprint density at radius 1 is 1.14 bits per heavy atom. The fraction of sp³-hybridized carbons (Fsp3) is 0.188. The number of carbonyl (C=O) groups is 1. The van der Waals surface area contributed by atoms with Crippen LogP contribution >= 0.6 is 11.3 Å². The van der Waals surface area contributed by atoms with E-state index in [1.54, 1.807) is 11.3 Å². The molecule has 0 fully saturated rings. The molecule has 1 aromatic carbocycles. The van der Waals surface area contributed by atoms with Gasteiger partial charge in [-0.05, 0) is 23.6 Å². The summed E-state index contributed by atoms with van der Waals surface area (Å²) in [5.74, 6) is 1.03. The summed E-state index contributed by atoms with van der Waals surface area (Å²) in [6, 6.07) is 13.5. The van der Waals surface area contributed by atoms with E-state index in [-0.39, 0.29) is 5.91 Å². The molecule has 0 atom stereocenters. The highest BCUT2D eigenvalue weighted by molar-refractivity contribution is 7.10. The van der Waals surface area contributed by atoms with Crippen molar-refractivity contribution >= 4 is 17.2 Å². The molecule has 0 aliphatic carbocycles. The van der Waals surface area contributed by atoms with E-state index in [0.29, 0.717) is 31.2 Å². The smallest absolute Gasteiger partial charge is 0.247 e. The van der Waals surface area contributed by atoms with Crippen molar-refractivity contribution < 1.29 is 9.21 Å². The lowest BCUT2D eigenvalue weighted by Gasteiger charge is -2.01. The number of benzene rings is 1. The number of aromatic nitrogens is 2.